The van der Waals surface area contributed by atoms with E-state index in [0.29, 0.717) is 0 Å². The van der Waals surface area contributed by atoms with Crippen LogP contribution in [0.25, 0.3) is 0 Å². The van der Waals surface area contributed by atoms with Gasteiger partial charge in [0.2, 0.25) is 0 Å². The molecule has 18 heavy (non-hydrogen) atoms. The molecule has 2 rings (SSSR count). The van der Waals surface area contributed by atoms with Gasteiger partial charge in [0.1, 0.15) is 5.82 Å². The highest BCUT2D eigenvalue weighted by Gasteiger charge is 2.34. The Hall–Kier alpha value is -1.39. The van der Waals surface area contributed by atoms with Crippen LogP contribution in [0.2, 0.25) is 0 Å². The standard InChI is InChI=1S/C13H21N3O2/c1-3-6-11-14-12(16(2)15-11)9-7-4-5-8-10(9)13(17)18/h9-10H,3-8H2,1-2H3,(H,17,18). The number of carboxylic acids is 1. The topological polar surface area (TPSA) is 68.0 Å². The second kappa shape index (κ2) is 5.50. The number of carbonyl (C=O) groups is 1. The molecule has 1 saturated carbocycles. The highest BCUT2D eigenvalue weighted by Crippen LogP contribution is 2.37. The lowest BCUT2D eigenvalue weighted by Gasteiger charge is -2.27. The molecule has 5 nitrogen and oxygen atoms in total. The molecule has 1 aromatic heterocycles. The number of carboxylic acid groups (broad SMARTS) is 1. The summed E-state index contributed by atoms with van der Waals surface area (Å²) in [5.74, 6) is 0.727. The van der Waals surface area contributed by atoms with E-state index in [0.717, 1.165) is 50.2 Å². The molecule has 1 fully saturated rings. The van der Waals surface area contributed by atoms with E-state index < -0.39 is 5.97 Å². The van der Waals surface area contributed by atoms with E-state index in [2.05, 4.69) is 17.0 Å². The Morgan fingerprint density at radius 2 is 2.17 bits per heavy atom. The molecule has 0 aromatic carbocycles. The van der Waals surface area contributed by atoms with E-state index in [1.165, 1.54) is 0 Å². The van der Waals surface area contributed by atoms with Gasteiger partial charge < -0.3 is 5.11 Å². The third kappa shape index (κ3) is 2.54. The zero-order valence-corrected chi connectivity index (χ0v) is 11.1. The lowest BCUT2D eigenvalue weighted by molar-refractivity contribution is -0.143. The van der Waals surface area contributed by atoms with Gasteiger partial charge in [-0.05, 0) is 19.3 Å². The molecule has 100 valence electrons. The predicted octanol–water partition coefficient (Wildman–Crippen LogP) is 2.13. The largest absolute Gasteiger partial charge is 0.481 e. The van der Waals surface area contributed by atoms with Crippen LogP contribution in [0.1, 0.15) is 56.6 Å². The SMILES string of the molecule is CCCc1nc(C2CCCCC2C(=O)O)n(C)n1. The number of hydrogen-bond acceptors (Lipinski definition) is 3. The van der Waals surface area contributed by atoms with Gasteiger partial charge in [0.25, 0.3) is 0 Å². The Morgan fingerprint density at radius 1 is 1.44 bits per heavy atom. The third-order valence-electron chi connectivity index (χ3n) is 3.73. The lowest BCUT2D eigenvalue weighted by Crippen LogP contribution is -2.27. The number of aromatic nitrogens is 3. The molecule has 2 unspecified atom stereocenters. The Morgan fingerprint density at radius 3 is 2.83 bits per heavy atom. The second-order valence-corrected chi connectivity index (χ2v) is 5.10. The molecule has 1 heterocycles. The van der Waals surface area contributed by atoms with E-state index in [1.54, 1.807) is 4.68 Å². The molecule has 0 amide bonds. The molecule has 1 aliphatic rings. The summed E-state index contributed by atoms with van der Waals surface area (Å²) in [5.41, 5.74) is 0. The first-order valence-corrected chi connectivity index (χ1v) is 6.76. The summed E-state index contributed by atoms with van der Waals surface area (Å²) in [6.07, 6.45) is 5.64. The summed E-state index contributed by atoms with van der Waals surface area (Å²) >= 11 is 0. The van der Waals surface area contributed by atoms with Gasteiger partial charge in [-0.1, -0.05) is 19.8 Å². The molecule has 0 spiro atoms. The Labute approximate surface area is 107 Å². The van der Waals surface area contributed by atoms with E-state index in [-0.39, 0.29) is 11.8 Å². The molecule has 1 aliphatic carbocycles. The molecule has 2 atom stereocenters. The van der Waals surface area contributed by atoms with Crippen LogP contribution in [-0.2, 0) is 18.3 Å². The summed E-state index contributed by atoms with van der Waals surface area (Å²) in [7, 11) is 1.87. The van der Waals surface area contributed by atoms with E-state index in [9.17, 15) is 9.90 Å². The summed E-state index contributed by atoms with van der Waals surface area (Å²) in [6, 6.07) is 0. The Balaban J connectivity index is 2.24. The van der Waals surface area contributed by atoms with Crippen LogP contribution in [-0.4, -0.2) is 25.8 Å². The van der Waals surface area contributed by atoms with Crippen LogP contribution in [0.3, 0.4) is 0 Å². The van der Waals surface area contributed by atoms with Gasteiger partial charge in [-0.3, -0.25) is 9.48 Å². The molecule has 5 heteroatoms. The van der Waals surface area contributed by atoms with Crippen molar-refractivity contribution < 1.29 is 9.90 Å². The van der Waals surface area contributed by atoms with Gasteiger partial charge in [-0.15, -0.1) is 0 Å². The maximum atomic E-state index is 11.3. The smallest absolute Gasteiger partial charge is 0.307 e. The molecule has 1 N–H and O–H groups in total. The average molecular weight is 251 g/mol. The van der Waals surface area contributed by atoms with Crippen LogP contribution in [0.5, 0.6) is 0 Å². The van der Waals surface area contributed by atoms with Crippen molar-refractivity contribution in [3.63, 3.8) is 0 Å². The van der Waals surface area contributed by atoms with Gasteiger partial charge in [-0.2, -0.15) is 5.10 Å². The fourth-order valence-electron chi connectivity index (χ4n) is 2.84. The minimum absolute atomic E-state index is 0.0272. The normalized spacial score (nSPS) is 24.1. The van der Waals surface area contributed by atoms with Crippen molar-refractivity contribution in [2.75, 3.05) is 0 Å². The van der Waals surface area contributed by atoms with Gasteiger partial charge >= 0.3 is 5.97 Å². The predicted molar refractivity (Wildman–Crippen MR) is 67.3 cm³/mol. The number of rotatable bonds is 4. The fourth-order valence-corrected chi connectivity index (χ4v) is 2.84. The number of nitrogens with zero attached hydrogens (tertiary/aromatic N) is 3. The van der Waals surface area contributed by atoms with Crippen molar-refractivity contribution in [1.29, 1.82) is 0 Å². The fraction of sp³-hybridized carbons (Fsp3) is 0.769. The van der Waals surface area contributed by atoms with Crippen molar-refractivity contribution in [2.24, 2.45) is 13.0 Å². The quantitative estimate of drug-likeness (QED) is 0.890. The van der Waals surface area contributed by atoms with Crippen LogP contribution in [0, 0.1) is 5.92 Å². The first-order chi connectivity index (χ1) is 8.63. The van der Waals surface area contributed by atoms with Crippen LogP contribution < -0.4 is 0 Å². The maximum absolute atomic E-state index is 11.3. The van der Waals surface area contributed by atoms with Gasteiger partial charge in [0.15, 0.2) is 5.82 Å². The molecular weight excluding hydrogens is 230 g/mol. The maximum Gasteiger partial charge on any atom is 0.307 e. The highest BCUT2D eigenvalue weighted by molar-refractivity contribution is 5.71. The first kappa shape index (κ1) is 13.1. The van der Waals surface area contributed by atoms with Crippen LogP contribution >= 0.6 is 0 Å². The van der Waals surface area contributed by atoms with Crippen LogP contribution in [0.15, 0.2) is 0 Å². The summed E-state index contributed by atoms with van der Waals surface area (Å²) in [4.78, 5) is 15.9. The summed E-state index contributed by atoms with van der Waals surface area (Å²) < 4.78 is 1.77. The third-order valence-corrected chi connectivity index (χ3v) is 3.73. The van der Waals surface area contributed by atoms with E-state index >= 15 is 0 Å². The molecule has 0 radical (unpaired) electrons. The molecule has 1 aromatic rings. The van der Waals surface area contributed by atoms with E-state index in [1.807, 2.05) is 7.05 Å². The number of hydrogen-bond donors (Lipinski definition) is 1. The zero-order valence-electron chi connectivity index (χ0n) is 11.1. The van der Waals surface area contributed by atoms with Crippen molar-refractivity contribution in [1.82, 2.24) is 14.8 Å². The minimum Gasteiger partial charge on any atom is -0.481 e. The van der Waals surface area contributed by atoms with Crippen molar-refractivity contribution in [3.8, 4) is 0 Å². The summed E-state index contributed by atoms with van der Waals surface area (Å²) in [5, 5.41) is 13.7. The monoisotopic (exact) mass is 251 g/mol. The zero-order chi connectivity index (χ0) is 13.1. The molecule has 0 aliphatic heterocycles. The van der Waals surface area contributed by atoms with Gasteiger partial charge in [0.05, 0.1) is 5.92 Å². The van der Waals surface area contributed by atoms with Gasteiger partial charge in [0, 0.05) is 19.4 Å². The lowest BCUT2D eigenvalue weighted by atomic mass is 9.79. The number of aryl methyl sites for hydroxylation is 2. The van der Waals surface area contributed by atoms with E-state index in [4.69, 9.17) is 0 Å². The van der Waals surface area contributed by atoms with Crippen LogP contribution in [0.4, 0.5) is 0 Å². The van der Waals surface area contributed by atoms with Crippen molar-refractivity contribution >= 4 is 5.97 Å². The van der Waals surface area contributed by atoms with Gasteiger partial charge in [-0.25, -0.2) is 4.98 Å². The highest BCUT2D eigenvalue weighted by atomic mass is 16.4. The van der Waals surface area contributed by atoms with Crippen molar-refractivity contribution in [3.05, 3.63) is 11.6 Å². The average Bonchev–Trinajstić information content (AvgIpc) is 2.70. The first-order valence-electron chi connectivity index (χ1n) is 6.76. The second-order valence-electron chi connectivity index (χ2n) is 5.10. The summed E-state index contributed by atoms with van der Waals surface area (Å²) in [6.45, 7) is 2.09. The Kier molecular flexibility index (Phi) is 3.99. The number of aliphatic carboxylic acids is 1. The molecule has 0 bridgehead atoms. The minimum atomic E-state index is -0.695. The molecular formula is C13H21N3O2. The van der Waals surface area contributed by atoms with Crippen molar-refractivity contribution in [2.45, 2.75) is 51.4 Å². The Bertz CT molecular complexity index is 428. The molecule has 0 saturated heterocycles.